The molecule has 0 N–H and O–H groups in total. The Balaban J connectivity index is 1.92. The molecule has 0 saturated carbocycles. The Kier molecular flexibility index (Phi) is 4.23. The van der Waals surface area contributed by atoms with Crippen LogP contribution in [0.2, 0.25) is 0 Å². The molecule has 4 aromatic rings. The van der Waals surface area contributed by atoms with Gasteiger partial charge in [0.2, 0.25) is 0 Å². The topological polar surface area (TPSA) is 25.8 Å². The highest BCUT2D eigenvalue weighted by molar-refractivity contribution is 5.79. The third kappa shape index (κ3) is 3.22. The fourth-order valence-electron chi connectivity index (χ4n) is 2.83. The quantitative estimate of drug-likeness (QED) is 0.472. The fourth-order valence-corrected chi connectivity index (χ4v) is 2.83. The van der Waals surface area contributed by atoms with E-state index in [9.17, 15) is 8.78 Å². The third-order valence-corrected chi connectivity index (χ3v) is 4.03. The summed E-state index contributed by atoms with van der Waals surface area (Å²) in [6, 6.07) is 22.7. The van der Waals surface area contributed by atoms with Gasteiger partial charge < -0.3 is 0 Å². The van der Waals surface area contributed by atoms with Crippen LogP contribution in [-0.4, -0.2) is 9.97 Å². The second kappa shape index (κ2) is 6.84. The van der Waals surface area contributed by atoms with Gasteiger partial charge in [-0.1, -0.05) is 60.7 Å². The molecule has 0 aliphatic heterocycles. The molecule has 26 heavy (non-hydrogen) atoms. The van der Waals surface area contributed by atoms with E-state index in [2.05, 4.69) is 9.97 Å². The van der Waals surface area contributed by atoms with Crippen molar-refractivity contribution >= 4 is 0 Å². The Morgan fingerprint density at radius 2 is 1.12 bits per heavy atom. The molecule has 126 valence electrons. The van der Waals surface area contributed by atoms with Crippen LogP contribution in [0.4, 0.5) is 8.78 Å². The summed E-state index contributed by atoms with van der Waals surface area (Å²) in [5, 5.41) is 0. The molecule has 0 unspecified atom stereocenters. The molecular formula is C22H14F2N2. The number of nitrogens with zero attached hydrogens (tertiary/aromatic N) is 2. The second-order valence-corrected chi connectivity index (χ2v) is 5.84. The molecule has 1 aromatic heterocycles. The molecule has 0 aliphatic rings. The highest BCUT2D eigenvalue weighted by Crippen LogP contribution is 2.31. The molecule has 0 bridgehead atoms. The van der Waals surface area contributed by atoms with Gasteiger partial charge in [0.15, 0.2) is 0 Å². The molecule has 0 radical (unpaired) electrons. The van der Waals surface area contributed by atoms with Crippen molar-refractivity contribution in [3.8, 4) is 33.8 Å². The Morgan fingerprint density at radius 1 is 0.577 bits per heavy atom. The van der Waals surface area contributed by atoms with E-state index in [1.165, 1.54) is 12.1 Å². The van der Waals surface area contributed by atoms with E-state index in [0.717, 1.165) is 22.9 Å². The molecule has 0 spiro atoms. The van der Waals surface area contributed by atoms with Crippen LogP contribution in [0.15, 0.2) is 85.1 Å². The summed E-state index contributed by atoms with van der Waals surface area (Å²) in [6.45, 7) is 0. The van der Waals surface area contributed by atoms with Crippen LogP contribution < -0.4 is 0 Å². The smallest absolute Gasteiger partial charge is 0.126 e. The lowest BCUT2D eigenvalue weighted by atomic mass is 10.0. The van der Waals surface area contributed by atoms with Gasteiger partial charge in [-0.25, -0.2) is 13.8 Å². The van der Waals surface area contributed by atoms with E-state index in [1.807, 2.05) is 60.7 Å². The van der Waals surface area contributed by atoms with Gasteiger partial charge in [0, 0.05) is 22.8 Å². The van der Waals surface area contributed by atoms with Crippen LogP contribution in [0.5, 0.6) is 0 Å². The van der Waals surface area contributed by atoms with Crippen molar-refractivity contribution in [1.82, 2.24) is 9.97 Å². The zero-order chi connectivity index (χ0) is 17.9. The van der Waals surface area contributed by atoms with Crippen molar-refractivity contribution in [3.63, 3.8) is 0 Å². The van der Waals surface area contributed by atoms with Gasteiger partial charge in [-0.2, -0.15) is 0 Å². The highest BCUT2D eigenvalue weighted by atomic mass is 19.1. The Morgan fingerprint density at radius 3 is 1.69 bits per heavy atom. The maximum Gasteiger partial charge on any atom is 0.126 e. The number of hydrogen-bond acceptors (Lipinski definition) is 2. The maximum atomic E-state index is 13.6. The van der Waals surface area contributed by atoms with Crippen molar-refractivity contribution in [2.45, 2.75) is 0 Å². The number of rotatable bonds is 3. The van der Waals surface area contributed by atoms with Crippen LogP contribution in [0, 0.1) is 11.6 Å². The first kappa shape index (κ1) is 16.1. The van der Waals surface area contributed by atoms with E-state index in [4.69, 9.17) is 0 Å². The predicted molar refractivity (Wildman–Crippen MR) is 98.3 cm³/mol. The minimum Gasteiger partial charge on any atom is -0.252 e. The molecule has 4 heteroatoms. The number of aromatic nitrogens is 2. The van der Waals surface area contributed by atoms with Crippen LogP contribution >= 0.6 is 0 Å². The predicted octanol–water partition coefficient (Wildman–Crippen LogP) is 5.76. The molecule has 3 aromatic carbocycles. The Hall–Kier alpha value is -3.40. The summed E-state index contributed by atoms with van der Waals surface area (Å²) in [5.41, 5.74) is 3.97. The fraction of sp³-hybridized carbons (Fsp3) is 0. The molecular weight excluding hydrogens is 330 g/mol. The van der Waals surface area contributed by atoms with Crippen LogP contribution in [0.3, 0.4) is 0 Å². The normalized spacial score (nSPS) is 10.7. The lowest BCUT2D eigenvalue weighted by molar-refractivity contribution is 0.584. The molecule has 0 atom stereocenters. The van der Waals surface area contributed by atoms with Crippen molar-refractivity contribution in [2.75, 3.05) is 0 Å². The van der Waals surface area contributed by atoms with Crippen molar-refractivity contribution < 1.29 is 8.78 Å². The van der Waals surface area contributed by atoms with Crippen molar-refractivity contribution in [3.05, 3.63) is 96.7 Å². The monoisotopic (exact) mass is 344 g/mol. The van der Waals surface area contributed by atoms with Gasteiger partial charge in [0.05, 0.1) is 23.3 Å². The first-order valence-electron chi connectivity index (χ1n) is 8.15. The lowest BCUT2D eigenvalue weighted by Crippen LogP contribution is -1.96. The summed E-state index contributed by atoms with van der Waals surface area (Å²) in [4.78, 5) is 9.23. The summed E-state index contributed by atoms with van der Waals surface area (Å²) in [7, 11) is 0. The zero-order valence-corrected chi connectivity index (χ0v) is 13.7. The van der Waals surface area contributed by atoms with Gasteiger partial charge >= 0.3 is 0 Å². The van der Waals surface area contributed by atoms with E-state index in [1.54, 1.807) is 6.20 Å². The van der Waals surface area contributed by atoms with Gasteiger partial charge in [0.1, 0.15) is 11.6 Å². The summed E-state index contributed by atoms with van der Waals surface area (Å²) < 4.78 is 27.2. The molecule has 0 saturated heterocycles. The van der Waals surface area contributed by atoms with E-state index < -0.39 is 11.6 Å². The first-order chi connectivity index (χ1) is 12.7. The Bertz CT molecular complexity index is 1030. The molecule has 0 fully saturated rings. The summed E-state index contributed by atoms with van der Waals surface area (Å²) in [5.74, 6) is -1.29. The maximum absolute atomic E-state index is 13.6. The number of benzene rings is 3. The Labute approximate surface area is 149 Å². The van der Waals surface area contributed by atoms with Crippen LogP contribution in [0.25, 0.3) is 33.8 Å². The highest BCUT2D eigenvalue weighted by Gasteiger charge is 2.13. The number of halogens is 2. The standard InChI is InChI=1S/C22H14F2N2/c23-18-11-17(12-19(24)13-18)20-14-25-21(15-7-3-1-4-8-15)22(26-20)16-9-5-2-6-10-16/h1-14H. The molecule has 0 aliphatic carbocycles. The van der Waals surface area contributed by atoms with Crippen molar-refractivity contribution in [1.29, 1.82) is 0 Å². The van der Waals surface area contributed by atoms with Crippen LogP contribution in [0.1, 0.15) is 0 Å². The summed E-state index contributed by atoms with van der Waals surface area (Å²) in [6.07, 6.45) is 1.54. The van der Waals surface area contributed by atoms with Gasteiger partial charge in [0.25, 0.3) is 0 Å². The van der Waals surface area contributed by atoms with Crippen LogP contribution in [-0.2, 0) is 0 Å². The molecule has 4 rings (SSSR count). The minimum atomic E-state index is -0.643. The van der Waals surface area contributed by atoms with Gasteiger partial charge in [-0.15, -0.1) is 0 Å². The van der Waals surface area contributed by atoms with E-state index >= 15 is 0 Å². The number of hydrogen-bond donors (Lipinski definition) is 0. The zero-order valence-electron chi connectivity index (χ0n) is 13.7. The second-order valence-electron chi connectivity index (χ2n) is 5.84. The largest absolute Gasteiger partial charge is 0.252 e. The molecule has 0 amide bonds. The average molecular weight is 344 g/mol. The molecule has 1 heterocycles. The van der Waals surface area contributed by atoms with Crippen molar-refractivity contribution in [2.24, 2.45) is 0 Å². The van der Waals surface area contributed by atoms with Gasteiger partial charge in [-0.05, 0) is 12.1 Å². The van der Waals surface area contributed by atoms with E-state index in [-0.39, 0.29) is 0 Å². The summed E-state index contributed by atoms with van der Waals surface area (Å²) >= 11 is 0. The average Bonchev–Trinajstić information content (AvgIpc) is 2.68. The third-order valence-electron chi connectivity index (χ3n) is 4.03. The SMILES string of the molecule is Fc1cc(F)cc(-c2cnc(-c3ccccc3)c(-c3ccccc3)n2)c1. The van der Waals surface area contributed by atoms with E-state index in [0.29, 0.717) is 17.0 Å². The first-order valence-corrected chi connectivity index (χ1v) is 8.15. The van der Waals surface area contributed by atoms with Gasteiger partial charge in [-0.3, -0.25) is 4.98 Å². The molecule has 2 nitrogen and oxygen atoms in total. The minimum absolute atomic E-state index is 0.354. The lowest BCUT2D eigenvalue weighted by Gasteiger charge is -2.11.